The Labute approximate surface area is 154 Å². The lowest BCUT2D eigenvalue weighted by Gasteiger charge is -2.27. The van der Waals surface area contributed by atoms with Crippen LogP contribution in [-0.2, 0) is 9.59 Å². The molecule has 0 unspecified atom stereocenters. The third-order valence-corrected chi connectivity index (χ3v) is 4.20. The van der Waals surface area contributed by atoms with E-state index < -0.39 is 11.8 Å². The van der Waals surface area contributed by atoms with Crippen LogP contribution in [0.25, 0.3) is 17.4 Å². The van der Waals surface area contributed by atoms with Crippen molar-refractivity contribution < 1.29 is 14.0 Å². The molecular formula is C18H13ClN2O3S. The zero-order valence-electron chi connectivity index (χ0n) is 13.0. The number of furan rings is 1. The van der Waals surface area contributed by atoms with E-state index in [0.29, 0.717) is 16.5 Å². The van der Waals surface area contributed by atoms with E-state index in [2.05, 4.69) is 11.9 Å². The molecule has 3 rings (SSSR count). The topological polar surface area (TPSA) is 62.6 Å². The van der Waals surface area contributed by atoms with Crippen LogP contribution < -0.4 is 5.32 Å². The zero-order chi connectivity index (χ0) is 18.0. The molecule has 1 saturated heterocycles. The number of rotatable bonds is 4. The number of carbonyl (C=O) groups excluding carboxylic acids is 2. The van der Waals surface area contributed by atoms with Gasteiger partial charge in [0, 0.05) is 12.1 Å². The van der Waals surface area contributed by atoms with Gasteiger partial charge in [0.25, 0.3) is 11.8 Å². The fourth-order valence-electron chi connectivity index (χ4n) is 2.37. The van der Waals surface area contributed by atoms with E-state index in [9.17, 15) is 9.59 Å². The molecule has 1 N–H and O–H groups in total. The van der Waals surface area contributed by atoms with Gasteiger partial charge in [0.05, 0.1) is 5.02 Å². The quantitative estimate of drug-likeness (QED) is 0.386. The Balaban J connectivity index is 1.93. The first-order valence-corrected chi connectivity index (χ1v) is 8.14. The summed E-state index contributed by atoms with van der Waals surface area (Å²) in [6.45, 7) is 3.79. The van der Waals surface area contributed by atoms with Gasteiger partial charge in [-0.2, -0.15) is 0 Å². The van der Waals surface area contributed by atoms with Crippen molar-refractivity contribution in [3.05, 3.63) is 65.4 Å². The first-order valence-electron chi connectivity index (χ1n) is 7.35. The van der Waals surface area contributed by atoms with Crippen molar-refractivity contribution in [3.8, 4) is 11.3 Å². The summed E-state index contributed by atoms with van der Waals surface area (Å²) in [7, 11) is 0. The highest BCUT2D eigenvalue weighted by Gasteiger charge is 2.32. The van der Waals surface area contributed by atoms with Gasteiger partial charge in [-0.05, 0) is 42.6 Å². The van der Waals surface area contributed by atoms with Gasteiger partial charge in [0.1, 0.15) is 17.1 Å². The molecule has 0 atom stereocenters. The third-order valence-electron chi connectivity index (χ3n) is 3.55. The van der Waals surface area contributed by atoms with Crippen molar-refractivity contribution >= 4 is 46.8 Å². The predicted molar refractivity (Wildman–Crippen MR) is 99.8 cm³/mol. The second-order valence-electron chi connectivity index (χ2n) is 5.20. The molecule has 25 heavy (non-hydrogen) atoms. The summed E-state index contributed by atoms with van der Waals surface area (Å²) in [4.78, 5) is 25.8. The Morgan fingerprint density at radius 1 is 1.24 bits per heavy atom. The van der Waals surface area contributed by atoms with Crippen LogP contribution in [-0.4, -0.2) is 28.4 Å². The number of hydrogen-bond acceptors (Lipinski definition) is 4. The molecule has 5 nitrogen and oxygen atoms in total. The molecule has 0 spiro atoms. The molecule has 7 heteroatoms. The summed E-state index contributed by atoms with van der Waals surface area (Å²) in [5, 5.41) is 3.09. The number of thiocarbonyl (C=S) groups is 1. The first kappa shape index (κ1) is 17.1. The van der Waals surface area contributed by atoms with E-state index >= 15 is 0 Å². The SMILES string of the molecule is C=CCN1C(=O)/C(=C/c2ccc(-c3ccccc3Cl)o2)C(=O)NC1=S. The van der Waals surface area contributed by atoms with Crippen LogP contribution in [0.3, 0.4) is 0 Å². The number of carbonyl (C=O) groups is 2. The molecule has 1 aromatic heterocycles. The second-order valence-corrected chi connectivity index (χ2v) is 6.00. The molecule has 2 aromatic rings. The lowest BCUT2D eigenvalue weighted by Crippen LogP contribution is -2.53. The normalized spacial score (nSPS) is 16.3. The maximum absolute atomic E-state index is 12.5. The summed E-state index contributed by atoms with van der Waals surface area (Å²) in [5.41, 5.74) is 0.665. The number of nitrogens with one attached hydrogen (secondary N) is 1. The van der Waals surface area contributed by atoms with Crippen LogP contribution in [0.5, 0.6) is 0 Å². The maximum Gasteiger partial charge on any atom is 0.266 e. The van der Waals surface area contributed by atoms with Crippen molar-refractivity contribution in [2.24, 2.45) is 0 Å². The third kappa shape index (κ3) is 3.40. The molecule has 0 bridgehead atoms. The summed E-state index contributed by atoms with van der Waals surface area (Å²) in [6.07, 6.45) is 2.91. The highest BCUT2D eigenvalue weighted by atomic mass is 35.5. The van der Waals surface area contributed by atoms with Gasteiger partial charge in [-0.15, -0.1) is 6.58 Å². The lowest BCUT2D eigenvalue weighted by atomic mass is 10.1. The molecule has 1 aromatic carbocycles. The van der Waals surface area contributed by atoms with Gasteiger partial charge in [0.2, 0.25) is 0 Å². The second kappa shape index (κ2) is 7.04. The van der Waals surface area contributed by atoms with Crippen molar-refractivity contribution in [2.75, 3.05) is 6.54 Å². The van der Waals surface area contributed by atoms with E-state index in [1.165, 1.54) is 17.1 Å². The summed E-state index contributed by atoms with van der Waals surface area (Å²) in [5.74, 6) is -0.158. The molecule has 1 fully saturated rings. The molecule has 1 aliphatic rings. The molecule has 0 aliphatic carbocycles. The molecule has 126 valence electrons. The van der Waals surface area contributed by atoms with Crippen LogP contribution >= 0.6 is 23.8 Å². The minimum absolute atomic E-state index is 0.0586. The van der Waals surface area contributed by atoms with Crippen LogP contribution in [0, 0.1) is 0 Å². The Kier molecular flexibility index (Phi) is 4.83. The van der Waals surface area contributed by atoms with E-state index in [4.69, 9.17) is 28.2 Å². The monoisotopic (exact) mass is 372 g/mol. The summed E-state index contributed by atoms with van der Waals surface area (Å²) >= 11 is 11.2. The number of nitrogens with zero attached hydrogens (tertiary/aromatic N) is 1. The van der Waals surface area contributed by atoms with Gasteiger partial charge >= 0.3 is 0 Å². The van der Waals surface area contributed by atoms with Crippen molar-refractivity contribution in [1.29, 1.82) is 0 Å². The summed E-state index contributed by atoms with van der Waals surface area (Å²) in [6, 6.07) is 10.6. The lowest BCUT2D eigenvalue weighted by molar-refractivity contribution is -0.128. The van der Waals surface area contributed by atoms with Crippen molar-refractivity contribution in [3.63, 3.8) is 0 Å². The maximum atomic E-state index is 12.5. The Bertz CT molecular complexity index is 917. The van der Waals surface area contributed by atoms with E-state index in [1.54, 1.807) is 18.2 Å². The molecule has 2 amide bonds. The van der Waals surface area contributed by atoms with Gasteiger partial charge in [-0.3, -0.25) is 19.8 Å². The number of amides is 2. The zero-order valence-corrected chi connectivity index (χ0v) is 14.6. The van der Waals surface area contributed by atoms with Gasteiger partial charge in [-0.1, -0.05) is 29.8 Å². The van der Waals surface area contributed by atoms with E-state index in [1.807, 2.05) is 18.2 Å². The number of halogens is 1. The fourth-order valence-corrected chi connectivity index (χ4v) is 2.85. The summed E-state index contributed by atoms with van der Waals surface area (Å²) < 4.78 is 5.71. The molecular weight excluding hydrogens is 360 g/mol. The number of benzene rings is 1. The van der Waals surface area contributed by atoms with Crippen LogP contribution in [0.15, 0.2) is 59.0 Å². The largest absolute Gasteiger partial charge is 0.457 e. The Hall–Kier alpha value is -2.70. The van der Waals surface area contributed by atoms with Crippen molar-refractivity contribution in [1.82, 2.24) is 10.2 Å². The Morgan fingerprint density at radius 3 is 2.72 bits per heavy atom. The van der Waals surface area contributed by atoms with Gasteiger partial charge in [-0.25, -0.2) is 0 Å². The first-order chi connectivity index (χ1) is 12.0. The van der Waals surface area contributed by atoms with E-state index in [-0.39, 0.29) is 17.2 Å². The molecule has 0 radical (unpaired) electrons. The highest BCUT2D eigenvalue weighted by molar-refractivity contribution is 7.80. The molecule has 0 saturated carbocycles. The standard InChI is InChI=1S/C18H13ClN2O3S/c1-2-9-21-17(23)13(16(22)20-18(21)25)10-11-7-8-15(24-11)12-5-3-4-6-14(12)19/h2-8,10H,1,9H2,(H,20,22,25)/b13-10+. The minimum atomic E-state index is -0.564. The van der Waals surface area contributed by atoms with Crippen LogP contribution in [0.2, 0.25) is 5.02 Å². The van der Waals surface area contributed by atoms with Crippen molar-refractivity contribution in [2.45, 2.75) is 0 Å². The smallest absolute Gasteiger partial charge is 0.266 e. The minimum Gasteiger partial charge on any atom is -0.457 e. The van der Waals surface area contributed by atoms with Gasteiger partial charge < -0.3 is 4.42 Å². The van der Waals surface area contributed by atoms with Gasteiger partial charge in [0.15, 0.2) is 5.11 Å². The number of hydrogen-bond donors (Lipinski definition) is 1. The average Bonchev–Trinajstić information content (AvgIpc) is 3.04. The van der Waals surface area contributed by atoms with E-state index in [0.717, 1.165) is 5.56 Å². The molecule has 1 aliphatic heterocycles. The van der Waals surface area contributed by atoms with Crippen LogP contribution in [0.4, 0.5) is 0 Å². The fraction of sp³-hybridized carbons (Fsp3) is 0.0556. The Morgan fingerprint density at radius 2 is 2.00 bits per heavy atom. The highest BCUT2D eigenvalue weighted by Crippen LogP contribution is 2.29. The molecule has 2 heterocycles. The van der Waals surface area contributed by atoms with Crippen LogP contribution in [0.1, 0.15) is 5.76 Å². The average molecular weight is 373 g/mol. The predicted octanol–water partition coefficient (Wildman–Crippen LogP) is 3.41.